The van der Waals surface area contributed by atoms with Gasteiger partial charge in [0, 0.05) is 5.69 Å². The van der Waals surface area contributed by atoms with Crippen LogP contribution in [0.4, 0.5) is 5.69 Å². The molecule has 0 aliphatic heterocycles. The molecule has 0 bridgehead atoms. The second-order valence-corrected chi connectivity index (χ2v) is 5.71. The summed E-state index contributed by atoms with van der Waals surface area (Å²) in [5, 5.41) is 16.3. The van der Waals surface area contributed by atoms with E-state index in [1.807, 2.05) is 60.7 Å². The average Bonchev–Trinajstić information content (AvgIpc) is 3.16. The highest BCUT2D eigenvalue weighted by atomic mass is 16.1. The van der Waals surface area contributed by atoms with E-state index in [1.165, 1.54) is 11.7 Å². The fraction of sp³-hybridized carbons (Fsp3) is 0.0526. The second-order valence-electron chi connectivity index (χ2n) is 5.71. The lowest BCUT2D eigenvalue weighted by Gasteiger charge is -2.08. The maximum Gasteiger partial charge on any atom is 0.228 e. The number of benzene rings is 3. The van der Waals surface area contributed by atoms with Crippen molar-refractivity contribution in [3.63, 3.8) is 0 Å². The molecule has 6 heteroatoms. The molecule has 0 saturated heterocycles. The number of fused-ring (bicyclic) bond motifs is 1. The van der Waals surface area contributed by atoms with E-state index < -0.39 is 0 Å². The van der Waals surface area contributed by atoms with Crippen LogP contribution in [0, 0.1) is 0 Å². The number of aromatic nitrogens is 4. The highest BCUT2D eigenvalue weighted by Gasteiger charge is 2.06. The minimum absolute atomic E-state index is 0.0656. The van der Waals surface area contributed by atoms with Gasteiger partial charge in [-0.15, -0.1) is 5.10 Å². The zero-order valence-corrected chi connectivity index (χ0v) is 13.3. The zero-order chi connectivity index (χ0) is 17.1. The molecule has 1 heterocycles. The first-order valence-electron chi connectivity index (χ1n) is 7.89. The number of anilines is 1. The maximum absolute atomic E-state index is 12.4. The molecule has 0 radical (unpaired) electrons. The Morgan fingerprint density at radius 2 is 1.84 bits per heavy atom. The first-order valence-corrected chi connectivity index (χ1v) is 7.89. The molecule has 0 aliphatic carbocycles. The van der Waals surface area contributed by atoms with E-state index in [1.54, 1.807) is 4.68 Å². The number of carbonyl (C=O) groups excluding carboxylic acids is 1. The minimum atomic E-state index is -0.0656. The predicted octanol–water partition coefficient (Wildman–Crippen LogP) is 3.00. The first kappa shape index (κ1) is 15.0. The van der Waals surface area contributed by atoms with Crippen LogP contribution in [-0.2, 0) is 11.2 Å². The lowest BCUT2D eigenvalue weighted by molar-refractivity contribution is -0.115. The third-order valence-corrected chi connectivity index (χ3v) is 3.92. The second kappa shape index (κ2) is 6.52. The van der Waals surface area contributed by atoms with Crippen molar-refractivity contribution in [2.24, 2.45) is 0 Å². The Bertz CT molecular complexity index is 1030. The fourth-order valence-corrected chi connectivity index (χ4v) is 2.75. The molecule has 0 saturated carbocycles. The van der Waals surface area contributed by atoms with E-state index in [2.05, 4.69) is 26.9 Å². The highest BCUT2D eigenvalue weighted by molar-refractivity contribution is 5.93. The summed E-state index contributed by atoms with van der Waals surface area (Å²) < 4.78 is 1.54. The Hall–Kier alpha value is -3.54. The number of tetrazole rings is 1. The van der Waals surface area contributed by atoms with Gasteiger partial charge in [-0.3, -0.25) is 4.79 Å². The van der Waals surface area contributed by atoms with Crippen LogP contribution in [0.15, 0.2) is 73.1 Å². The summed E-state index contributed by atoms with van der Waals surface area (Å²) in [6.07, 6.45) is 1.83. The minimum Gasteiger partial charge on any atom is -0.326 e. The number of nitrogens with one attached hydrogen (secondary N) is 1. The van der Waals surface area contributed by atoms with Crippen LogP contribution in [0.3, 0.4) is 0 Å². The van der Waals surface area contributed by atoms with Gasteiger partial charge in [-0.2, -0.15) is 0 Å². The summed E-state index contributed by atoms with van der Waals surface area (Å²) in [5.74, 6) is -0.0656. The lowest BCUT2D eigenvalue weighted by Crippen LogP contribution is -2.14. The van der Waals surface area contributed by atoms with Crippen molar-refractivity contribution in [2.45, 2.75) is 6.42 Å². The smallest absolute Gasteiger partial charge is 0.228 e. The van der Waals surface area contributed by atoms with Crippen molar-refractivity contribution in [3.05, 3.63) is 78.6 Å². The normalized spacial score (nSPS) is 10.7. The number of hydrogen-bond donors (Lipinski definition) is 1. The summed E-state index contributed by atoms with van der Waals surface area (Å²) in [6.45, 7) is 0. The molecule has 4 rings (SSSR count). The molecule has 4 aromatic rings. The first-order chi connectivity index (χ1) is 12.3. The van der Waals surface area contributed by atoms with Gasteiger partial charge in [0.15, 0.2) is 0 Å². The van der Waals surface area contributed by atoms with Crippen LogP contribution in [0.25, 0.3) is 16.5 Å². The van der Waals surface area contributed by atoms with Crippen LogP contribution in [-0.4, -0.2) is 26.1 Å². The van der Waals surface area contributed by atoms with Crippen LogP contribution in [0.5, 0.6) is 0 Å². The monoisotopic (exact) mass is 329 g/mol. The third-order valence-electron chi connectivity index (χ3n) is 3.92. The molecule has 1 N–H and O–H groups in total. The molecule has 6 nitrogen and oxygen atoms in total. The zero-order valence-electron chi connectivity index (χ0n) is 13.3. The van der Waals surface area contributed by atoms with E-state index >= 15 is 0 Å². The van der Waals surface area contributed by atoms with Crippen LogP contribution >= 0.6 is 0 Å². The molecule has 0 atom stereocenters. The van der Waals surface area contributed by atoms with Crippen LogP contribution in [0.1, 0.15) is 5.56 Å². The van der Waals surface area contributed by atoms with Crippen molar-refractivity contribution >= 4 is 22.4 Å². The summed E-state index contributed by atoms with van der Waals surface area (Å²) in [4.78, 5) is 12.4. The lowest BCUT2D eigenvalue weighted by atomic mass is 10.0. The molecular formula is C19H15N5O. The van der Waals surface area contributed by atoms with E-state index in [0.717, 1.165) is 16.6 Å². The number of nitrogens with zero attached hydrogens (tertiary/aromatic N) is 4. The van der Waals surface area contributed by atoms with Crippen molar-refractivity contribution in [2.75, 3.05) is 5.32 Å². The van der Waals surface area contributed by atoms with E-state index in [4.69, 9.17) is 0 Å². The third kappa shape index (κ3) is 3.37. The van der Waals surface area contributed by atoms with Gasteiger partial charge in [0.25, 0.3) is 0 Å². The fourth-order valence-electron chi connectivity index (χ4n) is 2.75. The quantitative estimate of drug-likeness (QED) is 0.625. The van der Waals surface area contributed by atoms with E-state index in [9.17, 15) is 4.79 Å². The Morgan fingerprint density at radius 3 is 2.68 bits per heavy atom. The van der Waals surface area contributed by atoms with Crippen molar-refractivity contribution < 1.29 is 4.79 Å². The molecule has 1 amide bonds. The number of carbonyl (C=O) groups is 1. The molecule has 122 valence electrons. The number of hydrogen-bond acceptors (Lipinski definition) is 4. The van der Waals surface area contributed by atoms with Crippen molar-refractivity contribution in [1.82, 2.24) is 20.2 Å². The van der Waals surface area contributed by atoms with Crippen molar-refractivity contribution in [3.8, 4) is 5.69 Å². The van der Waals surface area contributed by atoms with Gasteiger partial charge in [-0.05, 0) is 45.0 Å². The Kier molecular flexibility index (Phi) is 3.92. The summed E-state index contributed by atoms with van der Waals surface area (Å²) in [7, 11) is 0. The van der Waals surface area contributed by atoms with Gasteiger partial charge in [0.1, 0.15) is 6.33 Å². The SMILES string of the molecule is O=C(Cc1ccc2ccccc2c1)Nc1cccc(-n2cnnn2)c1. The number of rotatable bonds is 4. The largest absolute Gasteiger partial charge is 0.326 e. The summed E-state index contributed by atoms with van der Waals surface area (Å²) in [6, 6.07) is 21.6. The summed E-state index contributed by atoms with van der Waals surface area (Å²) in [5.41, 5.74) is 2.47. The molecule has 25 heavy (non-hydrogen) atoms. The topological polar surface area (TPSA) is 72.7 Å². The highest BCUT2D eigenvalue weighted by Crippen LogP contribution is 2.17. The van der Waals surface area contributed by atoms with Crippen LogP contribution in [0.2, 0.25) is 0 Å². The summed E-state index contributed by atoms with van der Waals surface area (Å²) >= 11 is 0. The molecule has 0 spiro atoms. The van der Waals surface area contributed by atoms with Gasteiger partial charge >= 0.3 is 0 Å². The average molecular weight is 329 g/mol. The Labute approximate surface area is 144 Å². The van der Waals surface area contributed by atoms with Gasteiger partial charge in [0.05, 0.1) is 12.1 Å². The van der Waals surface area contributed by atoms with E-state index in [-0.39, 0.29) is 5.91 Å². The Balaban J connectivity index is 1.49. The van der Waals surface area contributed by atoms with Gasteiger partial charge < -0.3 is 5.32 Å². The predicted molar refractivity (Wildman–Crippen MR) is 95.4 cm³/mol. The molecule has 1 aromatic heterocycles. The maximum atomic E-state index is 12.4. The van der Waals surface area contributed by atoms with Crippen LogP contribution < -0.4 is 5.32 Å². The standard InChI is InChI=1S/C19H15N5O/c25-19(11-14-8-9-15-4-1-2-5-16(15)10-14)21-17-6-3-7-18(12-17)24-13-20-22-23-24/h1-10,12-13H,11H2,(H,21,25). The molecule has 0 unspecified atom stereocenters. The molecular weight excluding hydrogens is 314 g/mol. The van der Waals surface area contributed by atoms with Crippen molar-refractivity contribution in [1.29, 1.82) is 0 Å². The molecule has 0 fully saturated rings. The molecule has 3 aromatic carbocycles. The number of amides is 1. The van der Waals surface area contributed by atoms with E-state index in [0.29, 0.717) is 12.1 Å². The van der Waals surface area contributed by atoms with Gasteiger partial charge in [-0.1, -0.05) is 48.5 Å². The van der Waals surface area contributed by atoms with Gasteiger partial charge in [0.2, 0.25) is 5.91 Å². The Morgan fingerprint density at radius 1 is 0.960 bits per heavy atom. The molecule has 0 aliphatic rings. The van der Waals surface area contributed by atoms with Gasteiger partial charge in [-0.25, -0.2) is 4.68 Å².